The molecule has 2 aliphatic heterocycles. The van der Waals surface area contributed by atoms with E-state index in [9.17, 15) is 0 Å². The van der Waals surface area contributed by atoms with Crippen LogP contribution < -0.4 is 0 Å². The second-order valence-corrected chi connectivity index (χ2v) is 4.24. The maximum Gasteiger partial charge on any atom is 0.0911 e. The van der Waals surface area contributed by atoms with Crippen LogP contribution in [0.2, 0.25) is 0 Å². The third-order valence-corrected chi connectivity index (χ3v) is 3.49. The largest absolute Gasteiger partial charge is 0.300 e. The minimum absolute atomic E-state index is 0.715. The Morgan fingerprint density at radius 2 is 2.00 bits per heavy atom. The Hall–Kier alpha value is -0.810. The van der Waals surface area contributed by atoms with Gasteiger partial charge in [0.1, 0.15) is 0 Å². The van der Waals surface area contributed by atoms with E-state index >= 15 is 0 Å². The van der Waals surface area contributed by atoms with E-state index in [2.05, 4.69) is 18.0 Å². The summed E-state index contributed by atoms with van der Waals surface area (Å²) >= 11 is 0. The molecule has 0 aromatic rings. The van der Waals surface area contributed by atoms with Crippen molar-refractivity contribution in [2.75, 3.05) is 7.05 Å². The van der Waals surface area contributed by atoms with Gasteiger partial charge >= 0.3 is 0 Å². The van der Waals surface area contributed by atoms with Gasteiger partial charge in [0.25, 0.3) is 0 Å². The molecule has 2 rings (SSSR count). The van der Waals surface area contributed by atoms with Gasteiger partial charge in [-0.05, 0) is 32.7 Å². The van der Waals surface area contributed by atoms with E-state index in [1.165, 1.54) is 24.8 Å². The molecule has 2 aliphatic rings. The molecule has 13 heavy (non-hydrogen) atoms. The molecule has 2 atom stereocenters. The molecule has 2 nitrogen and oxygen atoms in total. The van der Waals surface area contributed by atoms with E-state index in [0.717, 1.165) is 12.8 Å². The molecule has 0 aliphatic carbocycles. The topological polar surface area (TPSA) is 27.0 Å². The molecule has 0 spiro atoms. The molecular weight excluding hydrogens is 160 g/mol. The van der Waals surface area contributed by atoms with Crippen LogP contribution in [0.25, 0.3) is 0 Å². The van der Waals surface area contributed by atoms with Crippen molar-refractivity contribution in [1.82, 2.24) is 4.90 Å². The van der Waals surface area contributed by atoms with Crippen molar-refractivity contribution in [1.29, 1.82) is 5.26 Å². The number of nitriles is 1. The molecule has 0 saturated carbocycles. The summed E-state index contributed by atoms with van der Waals surface area (Å²) in [5.41, 5.74) is 1.37. The van der Waals surface area contributed by atoms with Crippen molar-refractivity contribution in [3.63, 3.8) is 0 Å². The summed E-state index contributed by atoms with van der Waals surface area (Å²) in [6, 6.07) is 3.59. The van der Waals surface area contributed by atoms with E-state index in [1.54, 1.807) is 6.08 Å². The van der Waals surface area contributed by atoms with Crippen LogP contribution in [0, 0.1) is 11.3 Å². The number of piperidine rings is 2. The Labute approximate surface area is 79.8 Å². The fourth-order valence-corrected chi connectivity index (χ4v) is 2.68. The van der Waals surface area contributed by atoms with E-state index in [1.807, 2.05) is 0 Å². The number of rotatable bonds is 0. The molecule has 2 heterocycles. The number of nitrogens with zero attached hydrogens (tertiary/aromatic N) is 2. The van der Waals surface area contributed by atoms with Gasteiger partial charge in [-0.15, -0.1) is 0 Å². The van der Waals surface area contributed by atoms with Gasteiger partial charge in [-0.3, -0.25) is 4.90 Å². The van der Waals surface area contributed by atoms with Gasteiger partial charge in [0.15, 0.2) is 0 Å². The van der Waals surface area contributed by atoms with Crippen LogP contribution >= 0.6 is 0 Å². The Bertz CT molecular complexity index is 246. The minimum atomic E-state index is 0.715. The van der Waals surface area contributed by atoms with Crippen molar-refractivity contribution in [3.8, 4) is 6.07 Å². The van der Waals surface area contributed by atoms with Crippen molar-refractivity contribution in [2.45, 2.75) is 44.2 Å². The maximum atomic E-state index is 8.61. The first-order valence-corrected chi connectivity index (χ1v) is 5.10. The first kappa shape index (κ1) is 8.77. The quantitative estimate of drug-likeness (QED) is 0.528. The monoisotopic (exact) mass is 176 g/mol. The average Bonchev–Trinajstić information content (AvgIpc) is 2.07. The van der Waals surface area contributed by atoms with Crippen LogP contribution in [0.15, 0.2) is 11.6 Å². The van der Waals surface area contributed by atoms with Crippen LogP contribution in [0.5, 0.6) is 0 Å². The first-order chi connectivity index (χ1) is 6.31. The summed E-state index contributed by atoms with van der Waals surface area (Å²) in [5, 5.41) is 8.61. The van der Waals surface area contributed by atoms with Gasteiger partial charge in [0.05, 0.1) is 6.07 Å². The van der Waals surface area contributed by atoms with Crippen molar-refractivity contribution in [2.24, 2.45) is 0 Å². The molecule has 0 amide bonds. The number of hydrogen-bond acceptors (Lipinski definition) is 2. The number of fused-ring (bicyclic) bond motifs is 2. The number of hydrogen-bond donors (Lipinski definition) is 0. The molecule has 2 unspecified atom stereocenters. The van der Waals surface area contributed by atoms with Crippen LogP contribution in [-0.4, -0.2) is 24.0 Å². The zero-order valence-electron chi connectivity index (χ0n) is 8.16. The van der Waals surface area contributed by atoms with Crippen molar-refractivity contribution < 1.29 is 0 Å². The van der Waals surface area contributed by atoms with Crippen LogP contribution in [-0.2, 0) is 0 Å². The van der Waals surface area contributed by atoms with Gasteiger partial charge in [-0.1, -0.05) is 12.0 Å². The predicted molar refractivity (Wildman–Crippen MR) is 52.1 cm³/mol. The normalized spacial score (nSPS) is 34.0. The van der Waals surface area contributed by atoms with E-state index in [-0.39, 0.29) is 0 Å². The van der Waals surface area contributed by atoms with Gasteiger partial charge in [-0.25, -0.2) is 0 Å². The van der Waals surface area contributed by atoms with Crippen LogP contribution in [0.4, 0.5) is 0 Å². The van der Waals surface area contributed by atoms with Crippen LogP contribution in [0.3, 0.4) is 0 Å². The van der Waals surface area contributed by atoms with Crippen molar-refractivity contribution in [3.05, 3.63) is 11.6 Å². The summed E-state index contributed by atoms with van der Waals surface area (Å²) < 4.78 is 0. The minimum Gasteiger partial charge on any atom is -0.300 e. The maximum absolute atomic E-state index is 8.61. The standard InChI is InChI=1S/C11H16N2/c1-13-10-3-2-4-11(13)8-9(7-10)5-6-12/h5,10-11H,2-4,7-8H2,1H3. The fourth-order valence-electron chi connectivity index (χ4n) is 2.68. The molecule has 0 N–H and O–H groups in total. The smallest absolute Gasteiger partial charge is 0.0911 e. The second-order valence-electron chi connectivity index (χ2n) is 4.24. The highest BCUT2D eigenvalue weighted by Crippen LogP contribution is 2.35. The fraction of sp³-hybridized carbons (Fsp3) is 0.727. The molecular formula is C11H16N2. The summed E-state index contributed by atoms with van der Waals surface area (Å²) in [5.74, 6) is 0. The summed E-state index contributed by atoms with van der Waals surface area (Å²) in [6.45, 7) is 0. The zero-order chi connectivity index (χ0) is 9.26. The highest BCUT2D eigenvalue weighted by Gasteiger charge is 2.32. The highest BCUT2D eigenvalue weighted by atomic mass is 15.2. The third kappa shape index (κ3) is 1.62. The lowest BCUT2D eigenvalue weighted by molar-refractivity contribution is 0.0907. The van der Waals surface area contributed by atoms with Gasteiger partial charge in [0.2, 0.25) is 0 Å². The molecule has 70 valence electrons. The average molecular weight is 176 g/mol. The first-order valence-electron chi connectivity index (χ1n) is 5.10. The molecule has 2 saturated heterocycles. The Morgan fingerprint density at radius 1 is 1.38 bits per heavy atom. The van der Waals surface area contributed by atoms with Gasteiger partial charge < -0.3 is 0 Å². The second kappa shape index (κ2) is 3.51. The number of allylic oxidation sites excluding steroid dienone is 1. The Balaban J connectivity index is 2.13. The summed E-state index contributed by atoms with van der Waals surface area (Å²) in [7, 11) is 2.23. The lowest BCUT2D eigenvalue weighted by Crippen LogP contribution is -2.47. The SMILES string of the molecule is CN1C2CCCC1CC(=CC#N)C2. The highest BCUT2D eigenvalue weighted by molar-refractivity contribution is 5.19. The summed E-state index contributed by atoms with van der Waals surface area (Å²) in [6.07, 6.45) is 8.02. The third-order valence-electron chi connectivity index (χ3n) is 3.49. The zero-order valence-corrected chi connectivity index (χ0v) is 8.16. The molecule has 2 fully saturated rings. The van der Waals surface area contributed by atoms with E-state index in [4.69, 9.17) is 5.26 Å². The van der Waals surface area contributed by atoms with Gasteiger partial charge in [-0.2, -0.15) is 5.26 Å². The van der Waals surface area contributed by atoms with Crippen LogP contribution in [0.1, 0.15) is 32.1 Å². The lowest BCUT2D eigenvalue weighted by atomic mass is 9.82. The molecule has 0 aromatic carbocycles. The molecule has 0 radical (unpaired) electrons. The lowest BCUT2D eigenvalue weighted by Gasteiger charge is -2.44. The van der Waals surface area contributed by atoms with E-state index < -0.39 is 0 Å². The molecule has 2 heteroatoms. The van der Waals surface area contributed by atoms with Gasteiger partial charge in [0, 0.05) is 18.2 Å². The van der Waals surface area contributed by atoms with E-state index in [0.29, 0.717) is 12.1 Å². The summed E-state index contributed by atoms with van der Waals surface area (Å²) in [4.78, 5) is 2.51. The Kier molecular flexibility index (Phi) is 2.37. The van der Waals surface area contributed by atoms with Crippen molar-refractivity contribution >= 4 is 0 Å². The molecule has 2 bridgehead atoms. The molecule has 0 aromatic heterocycles. The Morgan fingerprint density at radius 3 is 2.54 bits per heavy atom. The predicted octanol–water partition coefficient (Wildman–Crippen LogP) is 2.08.